The Kier molecular flexibility index (Phi) is 2.67. The van der Waals surface area contributed by atoms with Gasteiger partial charge in [0.05, 0.1) is 18.0 Å². The Bertz CT molecular complexity index is 522. The quantitative estimate of drug-likeness (QED) is 0.768. The minimum atomic E-state index is -0.844. The van der Waals surface area contributed by atoms with Crippen molar-refractivity contribution in [2.45, 2.75) is 6.42 Å². The Labute approximate surface area is 91.1 Å². The lowest BCUT2D eigenvalue weighted by molar-refractivity contribution is -0.136. The molecular formula is C9H11N5O2. The summed E-state index contributed by atoms with van der Waals surface area (Å²) < 4.78 is 1.64. The van der Waals surface area contributed by atoms with Crippen molar-refractivity contribution >= 4 is 22.8 Å². The van der Waals surface area contributed by atoms with Crippen molar-refractivity contribution in [1.82, 2.24) is 19.7 Å². The smallest absolute Gasteiger partial charge is 0.305 e. The minimum absolute atomic E-state index is 0.0474. The zero-order valence-electron chi connectivity index (χ0n) is 8.71. The normalized spacial score (nSPS) is 10.6. The molecule has 2 N–H and O–H groups in total. The first kappa shape index (κ1) is 10.3. The van der Waals surface area contributed by atoms with Crippen LogP contribution in [0.2, 0.25) is 0 Å². The topological polar surface area (TPSA) is 92.9 Å². The van der Waals surface area contributed by atoms with Gasteiger partial charge in [-0.25, -0.2) is 9.97 Å². The van der Waals surface area contributed by atoms with E-state index in [0.717, 1.165) is 5.39 Å². The number of carboxylic acid groups (broad SMARTS) is 1. The highest BCUT2D eigenvalue weighted by atomic mass is 16.4. The molecule has 0 amide bonds. The summed E-state index contributed by atoms with van der Waals surface area (Å²) in [6, 6.07) is 0. The maximum atomic E-state index is 10.4. The van der Waals surface area contributed by atoms with Crippen LogP contribution in [0.15, 0.2) is 12.5 Å². The van der Waals surface area contributed by atoms with E-state index >= 15 is 0 Å². The van der Waals surface area contributed by atoms with Crippen molar-refractivity contribution in [3.05, 3.63) is 12.5 Å². The third kappa shape index (κ3) is 1.92. The lowest BCUT2D eigenvalue weighted by Gasteiger charge is -2.03. The molecule has 0 spiro atoms. The number of fused-ring (bicyclic) bond motifs is 1. The fourth-order valence-corrected chi connectivity index (χ4v) is 1.39. The number of aryl methyl sites for hydroxylation is 1. The molecule has 0 aromatic carbocycles. The Balaban J connectivity index is 2.20. The molecule has 2 aromatic rings. The third-order valence-corrected chi connectivity index (χ3v) is 2.16. The number of hydrogen-bond donors (Lipinski definition) is 2. The maximum absolute atomic E-state index is 10.4. The Morgan fingerprint density at radius 2 is 2.38 bits per heavy atom. The lowest BCUT2D eigenvalue weighted by atomic mass is 10.3. The van der Waals surface area contributed by atoms with Gasteiger partial charge < -0.3 is 10.4 Å². The van der Waals surface area contributed by atoms with E-state index in [1.54, 1.807) is 17.9 Å². The highest BCUT2D eigenvalue weighted by Gasteiger charge is 2.07. The van der Waals surface area contributed by atoms with Crippen molar-refractivity contribution in [2.75, 3.05) is 11.9 Å². The summed E-state index contributed by atoms with van der Waals surface area (Å²) in [5.74, 6) is -0.233. The molecule has 0 saturated heterocycles. The summed E-state index contributed by atoms with van der Waals surface area (Å²) in [4.78, 5) is 18.5. The molecule has 0 aliphatic rings. The van der Waals surface area contributed by atoms with Gasteiger partial charge in [0.2, 0.25) is 0 Å². The second-order valence-electron chi connectivity index (χ2n) is 3.30. The van der Waals surface area contributed by atoms with E-state index in [2.05, 4.69) is 20.4 Å². The number of anilines is 1. The SMILES string of the molecule is Cn1ncc2c(NCCC(=O)O)ncnc21. The summed E-state index contributed by atoms with van der Waals surface area (Å²) in [5, 5.41) is 16.3. The van der Waals surface area contributed by atoms with Gasteiger partial charge >= 0.3 is 5.97 Å². The first-order chi connectivity index (χ1) is 7.68. The van der Waals surface area contributed by atoms with Gasteiger partial charge in [-0.05, 0) is 0 Å². The first-order valence-corrected chi connectivity index (χ1v) is 4.77. The van der Waals surface area contributed by atoms with Crippen molar-refractivity contribution < 1.29 is 9.90 Å². The molecule has 0 aliphatic carbocycles. The number of rotatable bonds is 4. The van der Waals surface area contributed by atoms with E-state index in [1.165, 1.54) is 6.33 Å². The van der Waals surface area contributed by atoms with Crippen molar-refractivity contribution in [2.24, 2.45) is 7.05 Å². The average molecular weight is 221 g/mol. The van der Waals surface area contributed by atoms with E-state index in [4.69, 9.17) is 5.11 Å². The number of carboxylic acids is 1. The molecule has 7 nitrogen and oxygen atoms in total. The van der Waals surface area contributed by atoms with E-state index < -0.39 is 5.97 Å². The van der Waals surface area contributed by atoms with Gasteiger partial charge in [-0.15, -0.1) is 0 Å². The molecule has 0 fully saturated rings. The van der Waals surface area contributed by atoms with Crippen LogP contribution in [0.5, 0.6) is 0 Å². The molecule has 0 aliphatic heterocycles. The Morgan fingerprint density at radius 1 is 1.56 bits per heavy atom. The van der Waals surface area contributed by atoms with Gasteiger partial charge in [0.15, 0.2) is 5.65 Å². The molecule has 0 bridgehead atoms. The molecule has 2 heterocycles. The fourth-order valence-electron chi connectivity index (χ4n) is 1.39. The van der Waals surface area contributed by atoms with Crippen LogP contribution in [0.25, 0.3) is 11.0 Å². The molecule has 2 rings (SSSR count). The van der Waals surface area contributed by atoms with Gasteiger partial charge in [0.1, 0.15) is 12.1 Å². The summed E-state index contributed by atoms with van der Waals surface area (Å²) >= 11 is 0. The van der Waals surface area contributed by atoms with E-state index in [1.807, 2.05) is 0 Å². The molecule has 7 heteroatoms. The van der Waals surface area contributed by atoms with Crippen LogP contribution >= 0.6 is 0 Å². The molecule has 2 aromatic heterocycles. The summed E-state index contributed by atoms with van der Waals surface area (Å²) in [6.07, 6.45) is 3.12. The molecule has 0 atom stereocenters. The maximum Gasteiger partial charge on any atom is 0.305 e. The largest absolute Gasteiger partial charge is 0.481 e. The molecule has 0 unspecified atom stereocenters. The number of aromatic nitrogens is 4. The second-order valence-corrected chi connectivity index (χ2v) is 3.30. The monoisotopic (exact) mass is 221 g/mol. The zero-order chi connectivity index (χ0) is 11.5. The second kappa shape index (κ2) is 4.13. The van der Waals surface area contributed by atoms with Gasteiger partial charge in [0, 0.05) is 13.6 Å². The molecule has 84 valence electrons. The van der Waals surface area contributed by atoms with Crippen LogP contribution in [-0.2, 0) is 11.8 Å². The standard InChI is InChI=1S/C9H11N5O2/c1-14-9-6(4-13-14)8(11-5-12-9)10-3-2-7(15)16/h4-5H,2-3H2,1H3,(H,15,16)(H,10,11,12). The predicted octanol–water partition coefficient (Wildman–Crippen LogP) is 0.250. The predicted molar refractivity (Wildman–Crippen MR) is 57.0 cm³/mol. The minimum Gasteiger partial charge on any atom is -0.481 e. The van der Waals surface area contributed by atoms with E-state index in [0.29, 0.717) is 18.0 Å². The van der Waals surface area contributed by atoms with Gasteiger partial charge in [-0.1, -0.05) is 0 Å². The molecule has 0 saturated carbocycles. The van der Waals surface area contributed by atoms with Crippen LogP contribution in [0.3, 0.4) is 0 Å². The number of nitrogens with one attached hydrogen (secondary N) is 1. The molecular weight excluding hydrogens is 210 g/mol. The van der Waals surface area contributed by atoms with Crippen LogP contribution in [0.4, 0.5) is 5.82 Å². The Hall–Kier alpha value is -2.18. The lowest BCUT2D eigenvalue weighted by Crippen LogP contribution is -2.09. The highest BCUT2D eigenvalue weighted by Crippen LogP contribution is 2.17. The third-order valence-electron chi connectivity index (χ3n) is 2.16. The number of aliphatic carboxylic acids is 1. The van der Waals surface area contributed by atoms with Crippen molar-refractivity contribution in [3.63, 3.8) is 0 Å². The van der Waals surface area contributed by atoms with Gasteiger partial charge in [0.25, 0.3) is 0 Å². The summed E-state index contributed by atoms with van der Waals surface area (Å²) in [7, 11) is 1.79. The zero-order valence-corrected chi connectivity index (χ0v) is 8.71. The summed E-state index contributed by atoms with van der Waals surface area (Å²) in [6.45, 7) is 0.330. The summed E-state index contributed by atoms with van der Waals surface area (Å²) in [5.41, 5.74) is 0.716. The molecule has 0 radical (unpaired) electrons. The number of carbonyl (C=O) groups is 1. The van der Waals surface area contributed by atoms with E-state index in [9.17, 15) is 4.79 Å². The fraction of sp³-hybridized carbons (Fsp3) is 0.333. The van der Waals surface area contributed by atoms with E-state index in [-0.39, 0.29) is 6.42 Å². The number of hydrogen-bond acceptors (Lipinski definition) is 5. The van der Waals surface area contributed by atoms with Gasteiger partial charge in [-0.3, -0.25) is 9.48 Å². The van der Waals surface area contributed by atoms with Crippen LogP contribution in [0, 0.1) is 0 Å². The van der Waals surface area contributed by atoms with Crippen LogP contribution < -0.4 is 5.32 Å². The van der Waals surface area contributed by atoms with Gasteiger partial charge in [-0.2, -0.15) is 5.10 Å². The van der Waals surface area contributed by atoms with Crippen molar-refractivity contribution in [3.8, 4) is 0 Å². The Morgan fingerprint density at radius 3 is 3.12 bits per heavy atom. The van der Waals surface area contributed by atoms with Crippen LogP contribution in [0.1, 0.15) is 6.42 Å². The first-order valence-electron chi connectivity index (χ1n) is 4.77. The van der Waals surface area contributed by atoms with Crippen LogP contribution in [-0.4, -0.2) is 37.4 Å². The van der Waals surface area contributed by atoms with Crippen molar-refractivity contribution in [1.29, 1.82) is 0 Å². The average Bonchev–Trinajstić information content (AvgIpc) is 2.61. The highest BCUT2D eigenvalue weighted by molar-refractivity contribution is 5.86. The molecule has 16 heavy (non-hydrogen) atoms. The number of nitrogens with zero attached hydrogens (tertiary/aromatic N) is 4.